The van der Waals surface area contributed by atoms with Gasteiger partial charge in [0, 0.05) is 56.6 Å². The molecular formula is C30H104Cl5N8O5P67. The van der Waals surface area contributed by atoms with E-state index in [1.54, 1.807) is 29.4 Å². The Hall–Kier alpha value is 26.1. The summed E-state index contributed by atoms with van der Waals surface area (Å²) >= 11 is 28.5. The Balaban J connectivity index is 0.000000550. The number of nitrogens with one attached hydrogen (secondary N) is 1. The lowest BCUT2D eigenvalue weighted by atomic mass is 10.2. The number of fused-ring (bicyclic) bond motifs is 1. The van der Waals surface area contributed by atoms with Crippen LogP contribution in [0.3, 0.4) is 0 Å². The van der Waals surface area contributed by atoms with Crippen LogP contribution in [0.4, 0.5) is 11.7 Å². The predicted octanol–water partition coefficient (Wildman–Crippen LogP) is 44.3. The van der Waals surface area contributed by atoms with Crippen molar-refractivity contribution >= 4 is 622 Å². The Morgan fingerprint density at radius 2 is 0.678 bits per heavy atom. The number of nitrogens with zero attached hydrogens (tertiary/aromatic N) is 6. The molecule has 0 spiro atoms. The fourth-order valence-corrected chi connectivity index (χ4v) is 981. The number of halogens is 5. The van der Waals surface area contributed by atoms with Gasteiger partial charge in [-0.05, 0) is 241 Å². The number of nitrogen functional groups attached to an aromatic ring is 1. The Bertz CT molecular complexity index is 3210. The van der Waals surface area contributed by atoms with Gasteiger partial charge in [-0.3, -0.25) is 4.79 Å². The van der Waals surface area contributed by atoms with E-state index in [0.29, 0.717) is 87.9 Å². The van der Waals surface area contributed by atoms with Crippen molar-refractivity contribution in [2.75, 3.05) is 89.5 Å². The van der Waals surface area contributed by atoms with E-state index in [4.69, 9.17) is 82.4 Å². The van der Waals surface area contributed by atoms with Gasteiger partial charge in [-0.2, -0.15) is 4.98 Å². The van der Waals surface area contributed by atoms with Crippen LogP contribution in [-0.4, -0.2) is 110 Å². The zero-order valence-electron chi connectivity index (χ0n) is 60.3. The zero-order valence-corrected chi connectivity index (χ0v) is 133. The van der Waals surface area contributed by atoms with Gasteiger partial charge in [-0.1, -0.05) is 66.0 Å². The summed E-state index contributed by atoms with van der Waals surface area (Å²) in [7, 11) is 124. The summed E-state index contributed by atoms with van der Waals surface area (Å²) in [5.74, 6) is 0.0410. The molecule has 3 saturated heterocycles. The largest absolute Gasteiger partial charge is 0.423 e. The van der Waals surface area contributed by atoms with Crippen LogP contribution in [0.2, 0.25) is 25.5 Å². The maximum Gasteiger partial charge on any atom is 0.298 e. The zero-order chi connectivity index (χ0) is 87.5. The molecule has 39 atom stereocenters. The number of anilines is 2. The molecule has 0 bridgehead atoms. The normalized spacial score (nSPS) is 16.3. The maximum atomic E-state index is 12.0. The first-order chi connectivity index (χ1) is 53.7. The van der Waals surface area contributed by atoms with E-state index >= 15 is 0 Å². The van der Waals surface area contributed by atoms with Crippen molar-refractivity contribution in [1.29, 1.82) is 0 Å². The van der Waals surface area contributed by atoms with Gasteiger partial charge in [0.1, 0.15) is 21.0 Å². The second-order valence-corrected chi connectivity index (χ2v) is 298. The van der Waals surface area contributed by atoms with Crippen molar-refractivity contribution in [3.05, 3.63) is 67.9 Å². The minimum absolute atomic E-state index is 0.0410. The highest BCUT2D eigenvalue weighted by molar-refractivity contribution is 9.56. The van der Waals surface area contributed by atoms with Gasteiger partial charge in [-0.15, -0.1) is 304 Å². The third kappa shape index (κ3) is 49.2. The number of rotatable bonds is 35. The Morgan fingerprint density at radius 3 is 0.974 bits per heavy atom. The molecule has 0 radical (unpaired) electrons. The fraction of sp³-hybridized carbons (Fsp3) is 0.433. The van der Waals surface area contributed by atoms with Gasteiger partial charge in [0.25, 0.3) is 6.01 Å². The number of morpholine rings is 3. The number of pyridine rings is 3. The second-order valence-electron chi connectivity index (χ2n) is 20.8. The van der Waals surface area contributed by atoms with Crippen LogP contribution in [0, 0.1) is 0 Å². The van der Waals surface area contributed by atoms with Crippen molar-refractivity contribution in [3.8, 4) is 0 Å². The first-order valence-corrected chi connectivity index (χ1v) is 154. The molecule has 3 fully saturated rings. The molecule has 4 aromatic heterocycles. The fourth-order valence-electron chi connectivity index (χ4n) is 8.29. The van der Waals surface area contributed by atoms with E-state index in [9.17, 15) is 4.79 Å². The molecule has 39 unspecified atom stereocenters. The third-order valence-electron chi connectivity index (χ3n) is 12.7. The number of carbonyl (C=O) groups is 1. The minimum atomic E-state index is -0.328. The number of hydrogen-bond acceptors (Lipinski definition) is 12. The summed E-state index contributed by atoms with van der Waals surface area (Å²) < 4.78 is 21.1. The Labute approximate surface area is 828 Å². The average Bonchev–Trinajstić information content (AvgIpc) is 1.09. The molecule has 0 aromatic carbocycles. The molecule has 4 aromatic rings. The molecule has 0 aliphatic carbocycles. The lowest BCUT2D eigenvalue weighted by molar-refractivity contribution is -0.134. The molecule has 115 heavy (non-hydrogen) atoms. The van der Waals surface area contributed by atoms with E-state index < -0.39 is 0 Å². The number of ether oxygens (including phenoxy) is 3. The SMILES string of the molecule is C1COCCN1.Clc1cc2oc(N3CCOCC3)nc2cn1.Nc1cnc(Cl)cc1Cl.O=C(Cc1cnc(Cl)cc1Cl)N1CCOCC1.PPP(P)P(P(P(P)P)P(P)P)P(P(P(P)P)P(P)P)P(P(P(P(P)P)P(P)P)P(P(P)P)P(P)P)P(P(P(P(P)P)P(P)P)P(P(P)P)P(P)P)P(P(P(P)P)P(P)P)P(P(P)P)P(P)P. The second kappa shape index (κ2) is 75.0. The number of hydrogen-bond donors (Lipinski definition) is 2. The summed E-state index contributed by atoms with van der Waals surface area (Å²) in [6, 6.07) is 5.33. The summed E-state index contributed by atoms with van der Waals surface area (Å²) in [6.07, 6.45) is 4.84. The maximum absolute atomic E-state index is 12.0. The van der Waals surface area contributed by atoms with E-state index in [-0.39, 0.29) is 236 Å². The van der Waals surface area contributed by atoms with Crippen molar-refractivity contribution in [3.63, 3.8) is 0 Å². The lowest BCUT2D eigenvalue weighted by Crippen LogP contribution is -2.41. The Kier molecular flexibility index (Phi) is 88.2. The number of oxazole rings is 1. The first-order valence-electron chi connectivity index (χ1n) is 30.2. The summed E-state index contributed by atoms with van der Waals surface area (Å²) in [4.78, 5) is 31.7. The standard InChI is InChI=1S/C11H12Cl2N2O2.C10H10ClN3O2.C5H4Cl2N2.C4H9NO.H69P67/c12-9-6-10(13)14-7-8(9)5-11(16)15-1-3-17-4-2-15;11-9-5-8-7(6-12-9)13-10(16-8)14-1-3-15-4-2-14;6-3-1-5(7)9-2-4(3)8;1-3-6-4-2-5-1;1-35-52(34)61(53(36(2)3)37(4)5)65(60(50(30)31)51(32)33)67(64(58(46(22)23)47(24)25)59(48(26)27)49(28)29)66(62(54(38(6)7)39(8)9)55(40(10)11)41(12)13)63(56(42(14)15)43(16)17)57(44(18)19)45(20)21/h6-7H,1-5H2;5-6H,1-4H2;1-2H,8H2;5H,1-4H2;35H,1-34H2. The first kappa shape index (κ1) is 135. The van der Waals surface area contributed by atoms with E-state index in [1.165, 1.54) is 12.3 Å². The summed E-state index contributed by atoms with van der Waals surface area (Å²) in [5, 5.41) is 5.18. The minimum Gasteiger partial charge on any atom is -0.423 e. The van der Waals surface area contributed by atoms with Crippen molar-refractivity contribution in [1.82, 2.24) is 30.2 Å². The molecule has 85 heteroatoms. The van der Waals surface area contributed by atoms with Crippen molar-refractivity contribution in [2.45, 2.75) is 6.42 Å². The monoisotopic (exact) mass is 2910 g/mol. The van der Waals surface area contributed by atoms with E-state index in [0.717, 1.165) is 52.9 Å². The van der Waals surface area contributed by atoms with Crippen LogP contribution in [-0.2, 0) is 25.4 Å². The highest BCUT2D eigenvalue weighted by Gasteiger charge is 2.63. The van der Waals surface area contributed by atoms with Crippen LogP contribution in [0.25, 0.3) is 11.1 Å². The van der Waals surface area contributed by atoms with Crippen molar-refractivity contribution in [2.24, 2.45) is 0 Å². The van der Waals surface area contributed by atoms with Crippen LogP contribution in [0.5, 0.6) is 0 Å². The molecule has 1 amide bonds. The molecule has 7 rings (SSSR count). The van der Waals surface area contributed by atoms with E-state index in [2.05, 4.69) is 334 Å². The number of amides is 1. The van der Waals surface area contributed by atoms with Gasteiger partial charge in [0.05, 0.1) is 69.2 Å². The van der Waals surface area contributed by atoms with E-state index in [1.807, 2.05) is 0 Å². The number of carbonyl (C=O) groups excluding carboxylic acids is 1. The van der Waals surface area contributed by atoms with Crippen LogP contribution < -0.4 is 16.0 Å². The molecule has 3 aliphatic rings. The van der Waals surface area contributed by atoms with Gasteiger partial charge in [-0.25, -0.2) is 15.0 Å². The number of nitrogens with two attached hydrogens (primary N) is 1. The van der Waals surface area contributed by atoms with Crippen molar-refractivity contribution < 1.29 is 23.4 Å². The van der Waals surface area contributed by atoms with Crippen LogP contribution >= 0.6 is 593 Å². The third-order valence-corrected chi connectivity index (χ3v) is 484. The molecule has 664 valence electrons. The smallest absolute Gasteiger partial charge is 0.298 e. The van der Waals surface area contributed by atoms with Gasteiger partial charge >= 0.3 is 0 Å². The number of aromatic nitrogens is 4. The molecule has 3 aliphatic heterocycles. The quantitative estimate of drug-likeness (QED) is 0.0333. The average molecular weight is 2910 g/mol. The predicted molar refractivity (Wildman–Crippen MR) is 747 cm³/mol. The molecule has 3 N–H and O–H groups in total. The highest BCUT2D eigenvalue weighted by atomic mass is 35.5. The van der Waals surface area contributed by atoms with Gasteiger partial charge in [0.2, 0.25) is 5.91 Å². The summed E-state index contributed by atoms with van der Waals surface area (Å²) in [6.45, 7) is 0.879. The van der Waals surface area contributed by atoms with Gasteiger partial charge in [0.15, 0.2) is 5.58 Å². The van der Waals surface area contributed by atoms with Gasteiger partial charge < -0.3 is 39.5 Å². The van der Waals surface area contributed by atoms with Crippen LogP contribution in [0.1, 0.15) is 5.56 Å². The lowest BCUT2D eigenvalue weighted by Gasteiger charge is -2.61. The topological polar surface area (TPSA) is 154 Å². The molecule has 7 heterocycles. The van der Waals surface area contributed by atoms with Crippen LogP contribution in [0.15, 0.2) is 41.2 Å². The Morgan fingerprint density at radius 1 is 0.391 bits per heavy atom. The molecular weight excluding hydrogens is 2800 g/mol. The highest BCUT2D eigenvalue weighted by Crippen LogP contribution is 3.50. The molecule has 0 saturated carbocycles. The molecule has 13 nitrogen and oxygen atoms in total. The summed E-state index contributed by atoms with van der Waals surface area (Å²) in [5.41, 5.74) is 7.88.